The highest BCUT2D eigenvalue weighted by molar-refractivity contribution is 7.90. The Labute approximate surface area is 250 Å². The van der Waals surface area contributed by atoms with Crippen LogP contribution in [-0.4, -0.2) is 37.1 Å². The Morgan fingerprint density at radius 1 is 1.02 bits per heavy atom. The molecule has 41 heavy (non-hydrogen) atoms. The number of nitrogens with zero attached hydrogens (tertiary/aromatic N) is 4. The molecule has 0 saturated heterocycles. The van der Waals surface area contributed by atoms with Crippen molar-refractivity contribution < 1.29 is 4.55 Å². The fraction of sp³-hybridized carbons (Fsp3) is 0.485. The average Bonchev–Trinajstić information content (AvgIpc) is 3.34. The molecule has 2 atom stereocenters. The van der Waals surface area contributed by atoms with E-state index in [1.54, 1.807) is 0 Å². The predicted molar refractivity (Wildman–Crippen MR) is 176 cm³/mol. The summed E-state index contributed by atoms with van der Waals surface area (Å²) in [5, 5.41) is 6.19. The number of rotatable bonds is 10. The van der Waals surface area contributed by atoms with E-state index in [2.05, 4.69) is 69.8 Å². The van der Waals surface area contributed by atoms with Crippen LogP contribution in [0.5, 0.6) is 0 Å². The molecule has 0 radical (unpaired) electrons. The lowest BCUT2D eigenvalue weighted by Gasteiger charge is -2.37. The summed E-state index contributed by atoms with van der Waals surface area (Å²) in [7, 11) is -1.39. The number of aromatic nitrogens is 4. The van der Waals surface area contributed by atoms with Crippen LogP contribution in [0.2, 0.25) is 24.2 Å². The highest BCUT2D eigenvalue weighted by Gasteiger charge is 2.34. The minimum Gasteiger partial charge on any atom is -0.598 e. The van der Waals surface area contributed by atoms with E-state index in [0.29, 0.717) is 5.04 Å². The van der Waals surface area contributed by atoms with Gasteiger partial charge in [0.05, 0.1) is 42.9 Å². The second kappa shape index (κ2) is 12.4. The second-order valence-electron chi connectivity index (χ2n) is 13.8. The largest absolute Gasteiger partial charge is 0.598 e. The van der Waals surface area contributed by atoms with Crippen LogP contribution < -0.4 is 4.72 Å². The SMILES string of the molecule is CCC[C@H](N[S@+]([O-])C(C)(C)C)c1cccc(-c2ccc3cnn(-c4ccnc(CC[Si](C)(C)C(C)(C)C)c4)c3c2)n1. The molecule has 0 spiro atoms. The Bertz CT molecular complexity index is 1470. The fourth-order valence-corrected chi connectivity index (χ4v) is 7.08. The number of hydrogen-bond acceptors (Lipinski definition) is 5. The van der Waals surface area contributed by atoms with Crippen molar-refractivity contribution in [1.82, 2.24) is 24.5 Å². The zero-order chi connectivity index (χ0) is 30.0. The predicted octanol–water partition coefficient (Wildman–Crippen LogP) is 8.43. The monoisotopic (exact) mass is 589 g/mol. The van der Waals surface area contributed by atoms with Gasteiger partial charge in [0.2, 0.25) is 0 Å². The molecule has 1 N–H and O–H groups in total. The van der Waals surface area contributed by atoms with Crippen LogP contribution in [0.1, 0.15) is 78.7 Å². The first-order chi connectivity index (χ1) is 19.2. The number of benzene rings is 1. The molecule has 4 rings (SSSR count). The molecule has 6 nitrogen and oxygen atoms in total. The van der Waals surface area contributed by atoms with Crippen molar-refractivity contribution in [1.29, 1.82) is 0 Å². The van der Waals surface area contributed by atoms with Gasteiger partial charge in [-0.05, 0) is 69.0 Å². The van der Waals surface area contributed by atoms with E-state index in [1.165, 1.54) is 6.04 Å². The van der Waals surface area contributed by atoms with Crippen molar-refractivity contribution in [2.45, 2.75) is 103 Å². The summed E-state index contributed by atoms with van der Waals surface area (Å²) in [6.45, 7) is 20.2. The van der Waals surface area contributed by atoms with Gasteiger partial charge in [-0.1, -0.05) is 71.5 Å². The summed E-state index contributed by atoms with van der Waals surface area (Å²) >= 11 is -1.18. The zero-order valence-electron chi connectivity index (χ0n) is 26.3. The van der Waals surface area contributed by atoms with E-state index in [1.807, 2.05) is 62.1 Å². The summed E-state index contributed by atoms with van der Waals surface area (Å²) in [6.07, 6.45) is 6.64. The molecule has 0 saturated carbocycles. The number of hydrogen-bond donors (Lipinski definition) is 1. The highest BCUT2D eigenvalue weighted by Crippen LogP contribution is 2.39. The molecule has 0 bridgehead atoms. The van der Waals surface area contributed by atoms with Crippen molar-refractivity contribution in [2.75, 3.05) is 0 Å². The molecule has 0 unspecified atom stereocenters. The van der Waals surface area contributed by atoms with E-state index in [9.17, 15) is 4.55 Å². The van der Waals surface area contributed by atoms with E-state index in [-0.39, 0.29) is 10.8 Å². The standard InChI is InChI=1S/C33H47N5OSSi/c1-10-12-30(37-40(39)32(2,3)4)29-14-11-13-28(36-29)24-15-16-25-23-35-38(31(25)21-24)27-17-19-34-26(22-27)18-20-41(8,9)33(5,6)7/h11,13-17,19,21-23,30,37H,10,12,18,20H2,1-9H3/t30-,40+/m0/s1. The molecule has 4 aromatic rings. The molecular formula is C33H47N5OSSi. The second-order valence-corrected chi connectivity index (χ2v) is 21.5. The van der Waals surface area contributed by atoms with Crippen molar-refractivity contribution in [3.63, 3.8) is 0 Å². The summed E-state index contributed by atoms with van der Waals surface area (Å²) in [4.78, 5) is 9.74. The Balaban J connectivity index is 1.63. The topological polar surface area (TPSA) is 78.7 Å². The first-order valence-electron chi connectivity index (χ1n) is 14.8. The zero-order valence-corrected chi connectivity index (χ0v) is 28.1. The number of fused-ring (bicyclic) bond motifs is 1. The average molecular weight is 590 g/mol. The van der Waals surface area contributed by atoms with Gasteiger partial charge >= 0.3 is 0 Å². The van der Waals surface area contributed by atoms with Gasteiger partial charge in [-0.2, -0.15) is 5.10 Å². The lowest BCUT2D eigenvalue weighted by molar-refractivity contribution is 0.504. The molecule has 0 aliphatic carbocycles. The van der Waals surface area contributed by atoms with Gasteiger partial charge in [0, 0.05) is 34.2 Å². The molecule has 1 aromatic carbocycles. The van der Waals surface area contributed by atoms with Crippen molar-refractivity contribution >= 4 is 30.3 Å². The van der Waals surface area contributed by atoms with Crippen molar-refractivity contribution in [3.05, 3.63) is 72.3 Å². The smallest absolute Gasteiger partial charge is 0.136 e. The van der Waals surface area contributed by atoms with Crippen LogP contribution in [0.3, 0.4) is 0 Å². The van der Waals surface area contributed by atoms with Crippen LogP contribution in [-0.2, 0) is 17.8 Å². The Morgan fingerprint density at radius 3 is 2.46 bits per heavy atom. The van der Waals surface area contributed by atoms with Crippen molar-refractivity contribution in [3.8, 4) is 16.9 Å². The summed E-state index contributed by atoms with van der Waals surface area (Å²) in [6, 6.07) is 17.8. The minimum absolute atomic E-state index is 0.0733. The van der Waals surface area contributed by atoms with E-state index in [0.717, 1.165) is 58.5 Å². The molecule has 0 amide bonds. The van der Waals surface area contributed by atoms with Gasteiger partial charge in [0.1, 0.15) is 4.75 Å². The van der Waals surface area contributed by atoms with Crippen molar-refractivity contribution in [2.24, 2.45) is 0 Å². The number of pyridine rings is 2. The molecule has 0 aliphatic heterocycles. The van der Waals surface area contributed by atoms with Crippen LogP contribution in [0.4, 0.5) is 0 Å². The Kier molecular flexibility index (Phi) is 9.48. The maximum atomic E-state index is 12.9. The maximum Gasteiger partial charge on any atom is 0.136 e. The Hall–Kier alpha value is -2.52. The highest BCUT2D eigenvalue weighted by atomic mass is 32.2. The van der Waals surface area contributed by atoms with Gasteiger partial charge < -0.3 is 4.55 Å². The molecule has 220 valence electrons. The summed E-state index contributed by atoms with van der Waals surface area (Å²) in [5.74, 6) is 0. The molecule has 8 heteroatoms. The van der Waals surface area contributed by atoms with Gasteiger partial charge in [-0.3, -0.25) is 9.97 Å². The van der Waals surface area contributed by atoms with Gasteiger partial charge in [-0.25, -0.2) is 4.68 Å². The number of aryl methyl sites for hydroxylation is 1. The number of nitrogens with one attached hydrogen (secondary N) is 1. The minimum atomic E-state index is -1.39. The molecule has 3 heterocycles. The lowest BCUT2D eigenvalue weighted by atomic mass is 10.1. The first kappa shape index (κ1) is 31.4. The van der Waals surface area contributed by atoms with Crippen LogP contribution in [0, 0.1) is 0 Å². The quantitative estimate of drug-likeness (QED) is 0.148. The normalized spacial score (nSPS) is 14.4. The van der Waals surface area contributed by atoms with Gasteiger partial charge in [-0.15, -0.1) is 4.72 Å². The van der Waals surface area contributed by atoms with Crippen LogP contribution in [0.25, 0.3) is 27.8 Å². The van der Waals surface area contributed by atoms with Gasteiger partial charge in [0.25, 0.3) is 0 Å². The van der Waals surface area contributed by atoms with E-state index < -0.39 is 19.4 Å². The maximum absolute atomic E-state index is 12.9. The molecule has 3 aromatic heterocycles. The fourth-order valence-electron chi connectivity index (χ4n) is 4.60. The van der Waals surface area contributed by atoms with Gasteiger partial charge in [0.15, 0.2) is 0 Å². The molecule has 0 aliphatic rings. The third kappa shape index (κ3) is 7.47. The Morgan fingerprint density at radius 2 is 1.78 bits per heavy atom. The third-order valence-corrected chi connectivity index (χ3v) is 15.6. The summed E-state index contributed by atoms with van der Waals surface area (Å²) in [5.41, 5.74) is 6.01. The van der Waals surface area contributed by atoms with E-state index >= 15 is 0 Å². The van der Waals surface area contributed by atoms with Crippen LogP contribution in [0.15, 0.2) is 60.9 Å². The first-order valence-corrected chi connectivity index (χ1v) is 19.1. The third-order valence-electron chi connectivity index (χ3n) is 8.46. The van der Waals surface area contributed by atoms with E-state index in [4.69, 9.17) is 15.1 Å². The lowest BCUT2D eigenvalue weighted by Crippen LogP contribution is -2.41. The molecule has 0 fully saturated rings. The summed E-state index contributed by atoms with van der Waals surface area (Å²) < 4.78 is 17.9. The van der Waals surface area contributed by atoms with Crippen LogP contribution >= 0.6 is 0 Å². The molecular weight excluding hydrogens is 543 g/mol.